The molecule has 1 heterocycles. The molecule has 1 amide bonds. The molecule has 1 aromatic carbocycles. The van der Waals surface area contributed by atoms with E-state index in [4.69, 9.17) is 11.0 Å². The molecule has 3 N–H and O–H groups in total. The lowest BCUT2D eigenvalue weighted by Crippen LogP contribution is -2.13. The number of carbonyl (C=O) groups is 1. The van der Waals surface area contributed by atoms with Crippen LogP contribution < -0.4 is 11.1 Å². The first-order chi connectivity index (χ1) is 9.65. The highest BCUT2D eigenvalue weighted by Gasteiger charge is 2.16. The topological polar surface area (TPSA) is 105 Å². The number of nitrogens with zero attached hydrogens (tertiary/aromatic N) is 3. The average molecular weight is 287 g/mol. The van der Waals surface area contributed by atoms with Crippen molar-refractivity contribution >= 4 is 28.8 Å². The molecule has 1 aromatic heterocycles. The molecule has 0 fully saturated rings. The summed E-state index contributed by atoms with van der Waals surface area (Å²) in [6, 6.07) is 6.72. The molecule has 0 radical (unpaired) electrons. The molecule has 0 aliphatic heterocycles. The van der Waals surface area contributed by atoms with Crippen molar-refractivity contribution in [3.05, 3.63) is 34.3 Å². The van der Waals surface area contributed by atoms with Gasteiger partial charge in [-0.05, 0) is 36.2 Å². The molecule has 0 unspecified atom stereocenters. The Hall–Kier alpha value is -2.46. The molecule has 0 saturated carbocycles. The lowest BCUT2D eigenvalue weighted by molar-refractivity contribution is 0.102. The van der Waals surface area contributed by atoms with E-state index in [0.717, 1.165) is 18.0 Å². The maximum Gasteiger partial charge on any atom is 0.269 e. The Morgan fingerprint density at radius 2 is 2.35 bits per heavy atom. The zero-order valence-electron chi connectivity index (χ0n) is 10.9. The predicted octanol–water partition coefficient (Wildman–Crippen LogP) is 2.20. The number of nitrogens with one attached hydrogen (secondary N) is 1. The number of nitrogen functional groups attached to an aromatic ring is 1. The van der Waals surface area contributed by atoms with E-state index in [2.05, 4.69) is 14.9 Å². The van der Waals surface area contributed by atoms with E-state index >= 15 is 0 Å². The third-order valence-corrected chi connectivity index (χ3v) is 3.44. The zero-order chi connectivity index (χ0) is 14.5. The highest BCUT2D eigenvalue weighted by atomic mass is 32.1. The number of nitriles is 1. The van der Waals surface area contributed by atoms with Crippen molar-refractivity contribution in [1.29, 1.82) is 5.26 Å². The van der Waals surface area contributed by atoms with Crippen LogP contribution in [0.1, 0.15) is 34.3 Å². The van der Waals surface area contributed by atoms with Crippen molar-refractivity contribution in [3.8, 4) is 6.07 Å². The smallest absolute Gasteiger partial charge is 0.269 e. The number of aryl methyl sites for hydroxylation is 1. The SMILES string of the molecule is CCCc1nnsc1C(=O)Nc1ccc(C#N)cc1N. The Morgan fingerprint density at radius 1 is 1.55 bits per heavy atom. The Balaban J connectivity index is 2.19. The van der Waals surface area contributed by atoms with Crippen LogP contribution in [-0.2, 0) is 6.42 Å². The minimum Gasteiger partial charge on any atom is -0.397 e. The molecule has 2 rings (SSSR count). The number of hydrogen-bond acceptors (Lipinski definition) is 6. The van der Waals surface area contributed by atoms with Gasteiger partial charge in [0.1, 0.15) is 4.88 Å². The molecule has 7 heteroatoms. The predicted molar refractivity (Wildman–Crippen MR) is 77.4 cm³/mol. The minimum atomic E-state index is -0.278. The standard InChI is InChI=1S/C13H13N5OS/c1-2-3-11-12(20-18-17-11)13(19)16-10-5-4-8(7-14)6-9(10)15/h4-6H,2-3,15H2,1H3,(H,16,19). The second-order valence-electron chi connectivity index (χ2n) is 4.17. The number of amides is 1. The molecular weight excluding hydrogens is 274 g/mol. The van der Waals surface area contributed by atoms with Crippen LogP contribution in [-0.4, -0.2) is 15.5 Å². The third-order valence-electron chi connectivity index (χ3n) is 2.68. The van der Waals surface area contributed by atoms with E-state index in [0.29, 0.717) is 33.9 Å². The minimum absolute atomic E-state index is 0.278. The van der Waals surface area contributed by atoms with Crippen molar-refractivity contribution in [2.45, 2.75) is 19.8 Å². The quantitative estimate of drug-likeness (QED) is 0.839. The molecule has 0 aliphatic rings. The normalized spacial score (nSPS) is 10.0. The molecule has 0 spiro atoms. The summed E-state index contributed by atoms with van der Waals surface area (Å²) < 4.78 is 3.81. The van der Waals surface area contributed by atoms with Crippen LogP contribution in [0.4, 0.5) is 11.4 Å². The Labute approximate surface area is 120 Å². The highest BCUT2D eigenvalue weighted by Crippen LogP contribution is 2.22. The zero-order valence-corrected chi connectivity index (χ0v) is 11.7. The molecule has 0 aliphatic carbocycles. The van der Waals surface area contributed by atoms with Gasteiger partial charge in [0.25, 0.3) is 5.91 Å². The average Bonchev–Trinajstić information content (AvgIpc) is 2.89. The summed E-state index contributed by atoms with van der Waals surface area (Å²) in [6.45, 7) is 2.01. The number of hydrogen-bond donors (Lipinski definition) is 2. The van der Waals surface area contributed by atoms with Crippen LogP contribution >= 0.6 is 11.5 Å². The van der Waals surface area contributed by atoms with Crippen LogP contribution in [0, 0.1) is 11.3 Å². The second kappa shape index (κ2) is 6.12. The third kappa shape index (κ3) is 2.92. The molecule has 102 valence electrons. The number of benzene rings is 1. The summed E-state index contributed by atoms with van der Waals surface area (Å²) in [7, 11) is 0. The molecule has 0 bridgehead atoms. The summed E-state index contributed by atoms with van der Waals surface area (Å²) in [6.07, 6.45) is 1.60. The molecule has 0 saturated heterocycles. The van der Waals surface area contributed by atoms with Crippen molar-refractivity contribution in [2.75, 3.05) is 11.1 Å². The van der Waals surface area contributed by atoms with Crippen LogP contribution in [0.5, 0.6) is 0 Å². The molecule has 2 aromatic rings. The monoisotopic (exact) mass is 287 g/mol. The Morgan fingerprint density at radius 3 is 3.00 bits per heavy atom. The summed E-state index contributed by atoms with van der Waals surface area (Å²) >= 11 is 1.06. The maximum absolute atomic E-state index is 12.2. The van der Waals surface area contributed by atoms with E-state index < -0.39 is 0 Å². The van der Waals surface area contributed by atoms with Crippen LogP contribution in [0.2, 0.25) is 0 Å². The van der Waals surface area contributed by atoms with Gasteiger partial charge in [0, 0.05) is 0 Å². The van der Waals surface area contributed by atoms with Gasteiger partial charge in [-0.2, -0.15) is 5.26 Å². The van der Waals surface area contributed by atoms with Gasteiger partial charge in [-0.15, -0.1) is 5.10 Å². The second-order valence-corrected chi connectivity index (χ2v) is 4.92. The molecule has 6 nitrogen and oxygen atoms in total. The maximum atomic E-state index is 12.2. The number of rotatable bonds is 4. The summed E-state index contributed by atoms with van der Waals surface area (Å²) in [5.41, 5.74) is 7.78. The van der Waals surface area contributed by atoms with Gasteiger partial charge in [-0.1, -0.05) is 17.8 Å². The summed E-state index contributed by atoms with van der Waals surface area (Å²) in [5.74, 6) is -0.278. The van der Waals surface area contributed by atoms with Gasteiger partial charge in [-0.3, -0.25) is 4.79 Å². The van der Waals surface area contributed by atoms with E-state index in [1.54, 1.807) is 12.1 Å². The fourth-order valence-corrected chi connectivity index (χ4v) is 2.31. The van der Waals surface area contributed by atoms with E-state index in [9.17, 15) is 4.79 Å². The first-order valence-corrected chi connectivity index (χ1v) is 6.85. The highest BCUT2D eigenvalue weighted by molar-refractivity contribution is 7.08. The van der Waals surface area contributed by atoms with Crippen molar-refractivity contribution in [2.24, 2.45) is 0 Å². The van der Waals surface area contributed by atoms with E-state index in [1.807, 2.05) is 13.0 Å². The van der Waals surface area contributed by atoms with Crippen molar-refractivity contribution in [3.63, 3.8) is 0 Å². The van der Waals surface area contributed by atoms with Gasteiger partial charge < -0.3 is 11.1 Å². The lowest BCUT2D eigenvalue weighted by Gasteiger charge is -2.07. The van der Waals surface area contributed by atoms with Gasteiger partial charge in [0.2, 0.25) is 0 Å². The van der Waals surface area contributed by atoms with Crippen molar-refractivity contribution < 1.29 is 4.79 Å². The Kier molecular flexibility index (Phi) is 4.27. The Bertz CT molecular complexity index is 674. The van der Waals surface area contributed by atoms with E-state index in [-0.39, 0.29) is 5.91 Å². The van der Waals surface area contributed by atoms with Gasteiger partial charge in [0.15, 0.2) is 0 Å². The molecular formula is C13H13N5OS. The van der Waals surface area contributed by atoms with Crippen LogP contribution in [0.3, 0.4) is 0 Å². The fraction of sp³-hybridized carbons (Fsp3) is 0.231. The first kappa shape index (κ1) is 14.0. The number of nitrogens with two attached hydrogens (primary N) is 1. The van der Waals surface area contributed by atoms with Gasteiger partial charge in [-0.25, -0.2) is 0 Å². The van der Waals surface area contributed by atoms with Crippen LogP contribution in [0.15, 0.2) is 18.2 Å². The largest absolute Gasteiger partial charge is 0.397 e. The van der Waals surface area contributed by atoms with Crippen molar-refractivity contribution in [1.82, 2.24) is 9.59 Å². The number of aromatic nitrogens is 2. The number of carbonyl (C=O) groups excluding carboxylic acids is 1. The fourth-order valence-electron chi connectivity index (χ4n) is 1.71. The van der Waals surface area contributed by atoms with E-state index in [1.165, 1.54) is 6.07 Å². The van der Waals surface area contributed by atoms with Gasteiger partial charge in [0.05, 0.1) is 28.7 Å². The van der Waals surface area contributed by atoms with Crippen LogP contribution in [0.25, 0.3) is 0 Å². The number of anilines is 2. The molecule has 0 atom stereocenters. The summed E-state index contributed by atoms with van der Waals surface area (Å²) in [4.78, 5) is 12.7. The first-order valence-electron chi connectivity index (χ1n) is 6.08. The lowest BCUT2D eigenvalue weighted by atomic mass is 10.2. The van der Waals surface area contributed by atoms with Gasteiger partial charge >= 0.3 is 0 Å². The summed E-state index contributed by atoms with van der Waals surface area (Å²) in [5, 5.41) is 15.4. The molecule has 20 heavy (non-hydrogen) atoms.